The van der Waals surface area contributed by atoms with Crippen molar-refractivity contribution in [1.29, 1.82) is 0 Å². The van der Waals surface area contributed by atoms with Crippen molar-refractivity contribution < 1.29 is 8.42 Å². The highest BCUT2D eigenvalue weighted by Gasteiger charge is 2.21. The number of hydrogen-bond donors (Lipinski definition) is 1. The standard InChI is InChI=1S/C13H20BrN3O2S/c1-17(5-6-20(2,18)19)13-10(7-11(14)9-16-13)8-15-12-3-4-12/h7,9,12,15H,3-6,8H2,1-2H3. The summed E-state index contributed by atoms with van der Waals surface area (Å²) in [5, 5.41) is 3.46. The number of hydrogen-bond acceptors (Lipinski definition) is 5. The topological polar surface area (TPSA) is 62.3 Å². The van der Waals surface area contributed by atoms with E-state index < -0.39 is 9.84 Å². The van der Waals surface area contributed by atoms with Gasteiger partial charge < -0.3 is 10.2 Å². The minimum atomic E-state index is -2.96. The van der Waals surface area contributed by atoms with Crippen molar-refractivity contribution >= 4 is 31.6 Å². The van der Waals surface area contributed by atoms with Gasteiger partial charge in [-0.15, -0.1) is 0 Å². The predicted octanol–water partition coefficient (Wildman–Crippen LogP) is 1.58. The molecule has 0 aliphatic heterocycles. The van der Waals surface area contributed by atoms with Crippen LogP contribution in [0.1, 0.15) is 18.4 Å². The van der Waals surface area contributed by atoms with Crippen LogP contribution in [0.3, 0.4) is 0 Å². The lowest BCUT2D eigenvalue weighted by atomic mass is 10.2. The van der Waals surface area contributed by atoms with Crippen LogP contribution in [0.25, 0.3) is 0 Å². The molecule has 20 heavy (non-hydrogen) atoms. The van der Waals surface area contributed by atoms with Gasteiger partial charge in [-0.3, -0.25) is 0 Å². The van der Waals surface area contributed by atoms with Gasteiger partial charge in [0.15, 0.2) is 0 Å². The first kappa shape index (κ1) is 15.7. The fourth-order valence-electron chi connectivity index (χ4n) is 1.90. The van der Waals surface area contributed by atoms with Gasteiger partial charge >= 0.3 is 0 Å². The zero-order chi connectivity index (χ0) is 14.8. The molecule has 112 valence electrons. The quantitative estimate of drug-likeness (QED) is 0.798. The molecule has 1 saturated carbocycles. The Kier molecular flexibility index (Phi) is 5.04. The summed E-state index contributed by atoms with van der Waals surface area (Å²) >= 11 is 3.43. The predicted molar refractivity (Wildman–Crippen MR) is 84.8 cm³/mol. The summed E-state index contributed by atoms with van der Waals surface area (Å²) in [6.45, 7) is 1.21. The Labute approximate surface area is 128 Å². The van der Waals surface area contributed by atoms with E-state index in [9.17, 15) is 8.42 Å². The summed E-state index contributed by atoms with van der Waals surface area (Å²) in [7, 11) is -1.08. The van der Waals surface area contributed by atoms with Crippen molar-refractivity contribution in [2.75, 3.05) is 30.5 Å². The highest BCUT2D eigenvalue weighted by Crippen LogP contribution is 2.24. The van der Waals surface area contributed by atoms with Crippen molar-refractivity contribution in [1.82, 2.24) is 10.3 Å². The van der Waals surface area contributed by atoms with Gasteiger partial charge in [0.2, 0.25) is 0 Å². The van der Waals surface area contributed by atoms with E-state index in [0.29, 0.717) is 12.6 Å². The molecular weight excluding hydrogens is 342 g/mol. The molecule has 0 spiro atoms. The molecule has 1 N–H and O–H groups in total. The number of pyridine rings is 1. The number of rotatable bonds is 7. The van der Waals surface area contributed by atoms with Crippen molar-refractivity contribution in [3.05, 3.63) is 22.3 Å². The lowest BCUT2D eigenvalue weighted by Gasteiger charge is -2.21. The number of halogens is 1. The summed E-state index contributed by atoms with van der Waals surface area (Å²) in [6.07, 6.45) is 5.47. The smallest absolute Gasteiger partial charge is 0.149 e. The monoisotopic (exact) mass is 361 g/mol. The SMILES string of the molecule is CN(CCS(C)(=O)=O)c1ncc(Br)cc1CNC1CC1. The molecule has 0 radical (unpaired) electrons. The molecule has 1 heterocycles. The largest absolute Gasteiger partial charge is 0.358 e. The van der Waals surface area contributed by atoms with E-state index in [-0.39, 0.29) is 5.75 Å². The van der Waals surface area contributed by atoms with E-state index in [1.54, 1.807) is 6.20 Å². The van der Waals surface area contributed by atoms with Gasteiger partial charge in [0.25, 0.3) is 0 Å². The number of anilines is 1. The zero-order valence-corrected chi connectivity index (χ0v) is 14.2. The van der Waals surface area contributed by atoms with E-state index in [1.807, 2.05) is 18.0 Å². The summed E-state index contributed by atoms with van der Waals surface area (Å²) in [4.78, 5) is 6.32. The Balaban J connectivity index is 2.07. The lowest BCUT2D eigenvalue weighted by molar-refractivity contribution is 0.600. The van der Waals surface area contributed by atoms with E-state index in [4.69, 9.17) is 0 Å². The molecule has 1 aromatic rings. The maximum Gasteiger partial charge on any atom is 0.149 e. The summed E-state index contributed by atoms with van der Waals surface area (Å²) in [6, 6.07) is 2.66. The number of nitrogens with zero attached hydrogens (tertiary/aromatic N) is 2. The van der Waals surface area contributed by atoms with E-state index in [2.05, 4.69) is 26.2 Å². The Morgan fingerprint density at radius 1 is 1.50 bits per heavy atom. The Morgan fingerprint density at radius 2 is 2.20 bits per heavy atom. The van der Waals surface area contributed by atoms with Gasteiger partial charge in [-0.2, -0.15) is 0 Å². The second-order valence-electron chi connectivity index (χ2n) is 5.34. The first-order chi connectivity index (χ1) is 9.35. The number of aromatic nitrogens is 1. The van der Waals surface area contributed by atoms with Crippen molar-refractivity contribution in [3.63, 3.8) is 0 Å². The van der Waals surface area contributed by atoms with Crippen LogP contribution in [-0.2, 0) is 16.4 Å². The molecule has 0 atom stereocenters. The molecule has 7 heteroatoms. The summed E-state index contributed by atoms with van der Waals surface area (Å²) in [5.74, 6) is 0.974. The van der Waals surface area contributed by atoms with E-state index in [0.717, 1.165) is 22.4 Å². The van der Waals surface area contributed by atoms with Gasteiger partial charge in [-0.25, -0.2) is 13.4 Å². The second-order valence-corrected chi connectivity index (χ2v) is 8.52. The van der Waals surface area contributed by atoms with E-state index in [1.165, 1.54) is 19.1 Å². The summed E-state index contributed by atoms with van der Waals surface area (Å²) < 4.78 is 23.5. The number of sulfone groups is 1. The first-order valence-corrected chi connectivity index (χ1v) is 9.47. The molecular formula is C13H20BrN3O2S. The van der Waals surface area contributed by atoms with Gasteiger partial charge in [0, 0.05) is 48.7 Å². The number of nitrogens with one attached hydrogen (secondary N) is 1. The van der Waals surface area contributed by atoms with Crippen molar-refractivity contribution in [3.8, 4) is 0 Å². The maximum atomic E-state index is 11.3. The lowest BCUT2D eigenvalue weighted by Crippen LogP contribution is -2.27. The first-order valence-electron chi connectivity index (χ1n) is 6.62. The fourth-order valence-corrected chi connectivity index (χ4v) is 2.88. The Bertz CT molecular complexity index is 573. The van der Waals surface area contributed by atoms with Crippen LogP contribution < -0.4 is 10.2 Å². The average molecular weight is 362 g/mol. The third kappa shape index (κ3) is 5.03. The van der Waals surface area contributed by atoms with Crippen molar-refractivity contribution in [2.45, 2.75) is 25.4 Å². The molecule has 0 aromatic carbocycles. The van der Waals surface area contributed by atoms with Crippen LogP contribution in [-0.4, -0.2) is 45.0 Å². The minimum absolute atomic E-state index is 0.136. The highest BCUT2D eigenvalue weighted by atomic mass is 79.9. The van der Waals surface area contributed by atoms with Crippen molar-refractivity contribution in [2.24, 2.45) is 0 Å². The molecule has 1 aromatic heterocycles. The summed E-state index contributed by atoms with van der Waals surface area (Å²) in [5.41, 5.74) is 1.09. The maximum absolute atomic E-state index is 11.3. The normalized spacial score (nSPS) is 15.3. The molecule has 5 nitrogen and oxygen atoms in total. The minimum Gasteiger partial charge on any atom is -0.358 e. The van der Waals surface area contributed by atoms with Gasteiger partial charge in [0.1, 0.15) is 15.7 Å². The van der Waals surface area contributed by atoms with Gasteiger partial charge in [0.05, 0.1) is 5.75 Å². The third-order valence-corrected chi connectivity index (χ3v) is 4.58. The van der Waals surface area contributed by atoms with Crippen LogP contribution in [0.5, 0.6) is 0 Å². The Morgan fingerprint density at radius 3 is 2.80 bits per heavy atom. The van der Waals surface area contributed by atoms with Crippen LogP contribution in [0.2, 0.25) is 0 Å². The molecule has 0 saturated heterocycles. The third-order valence-electron chi connectivity index (χ3n) is 3.23. The zero-order valence-electron chi connectivity index (χ0n) is 11.8. The van der Waals surface area contributed by atoms with Crippen LogP contribution >= 0.6 is 15.9 Å². The molecule has 0 bridgehead atoms. The van der Waals surface area contributed by atoms with E-state index >= 15 is 0 Å². The van der Waals surface area contributed by atoms with Crippen LogP contribution in [0.4, 0.5) is 5.82 Å². The van der Waals surface area contributed by atoms with Crippen LogP contribution in [0, 0.1) is 0 Å². The van der Waals surface area contributed by atoms with Crippen LogP contribution in [0.15, 0.2) is 16.7 Å². The Hall–Kier alpha value is -0.660. The molecule has 0 unspecified atom stereocenters. The highest BCUT2D eigenvalue weighted by molar-refractivity contribution is 9.10. The molecule has 0 amide bonds. The molecule has 1 aliphatic rings. The van der Waals surface area contributed by atoms with Gasteiger partial charge in [-0.1, -0.05) is 0 Å². The van der Waals surface area contributed by atoms with Gasteiger partial charge in [-0.05, 0) is 34.8 Å². The average Bonchev–Trinajstić information content (AvgIpc) is 3.16. The molecule has 1 fully saturated rings. The molecule has 1 aliphatic carbocycles. The fraction of sp³-hybridized carbons (Fsp3) is 0.615. The second kappa shape index (κ2) is 6.41. The molecule has 2 rings (SSSR count).